The van der Waals surface area contributed by atoms with Crippen molar-refractivity contribution >= 4 is 53.3 Å². The van der Waals surface area contributed by atoms with Crippen LogP contribution in [-0.2, 0) is 12.4 Å². The first-order valence-electron chi connectivity index (χ1n) is 20.2. The van der Waals surface area contributed by atoms with Gasteiger partial charge in [-0.1, -0.05) is 133 Å². The second kappa shape index (κ2) is 15.0. The number of benzene rings is 8. The molecule has 3 heterocycles. The van der Waals surface area contributed by atoms with Crippen LogP contribution in [0.2, 0.25) is 0 Å². The molecule has 0 aliphatic heterocycles. The lowest BCUT2D eigenvalue weighted by Gasteiger charge is -2.17. The number of halogens is 6. The molecule has 310 valence electrons. The van der Waals surface area contributed by atoms with Crippen LogP contribution in [-0.4, -0.2) is 19.5 Å². The molecule has 11 rings (SSSR count). The van der Waals surface area contributed by atoms with Crippen molar-refractivity contribution in [1.29, 1.82) is 0 Å². The molecule has 11 heteroatoms. The molecule has 4 nitrogen and oxygen atoms in total. The molecule has 0 saturated carbocycles. The summed E-state index contributed by atoms with van der Waals surface area (Å²) in [6, 6.07) is 54.1. The van der Waals surface area contributed by atoms with Crippen LogP contribution in [0.3, 0.4) is 0 Å². The van der Waals surface area contributed by atoms with Gasteiger partial charge >= 0.3 is 12.4 Å². The number of nitrogens with zero attached hydrogens (tertiary/aromatic N) is 4. The van der Waals surface area contributed by atoms with Crippen molar-refractivity contribution in [1.82, 2.24) is 19.5 Å². The highest BCUT2D eigenvalue weighted by Crippen LogP contribution is 2.44. The lowest BCUT2D eigenvalue weighted by molar-refractivity contribution is -0.143. The number of hydrogen-bond acceptors (Lipinski definition) is 4. The molecule has 0 atom stereocenters. The summed E-state index contributed by atoms with van der Waals surface area (Å²) in [5, 5.41) is 3.86. The highest BCUT2D eigenvalue weighted by atomic mass is 32.1. The molecule has 8 aromatic carbocycles. The summed E-state index contributed by atoms with van der Waals surface area (Å²) < 4.78 is 89.0. The maximum Gasteiger partial charge on any atom is 0.416 e. The van der Waals surface area contributed by atoms with Gasteiger partial charge in [0.1, 0.15) is 0 Å². The summed E-state index contributed by atoms with van der Waals surface area (Å²) >= 11 is 1.71. The Balaban J connectivity index is 1.21. The Morgan fingerprint density at radius 1 is 0.375 bits per heavy atom. The molecule has 0 aliphatic rings. The Kier molecular flexibility index (Phi) is 9.21. The van der Waals surface area contributed by atoms with E-state index in [0.29, 0.717) is 34.2 Å². The number of thiophene rings is 1. The van der Waals surface area contributed by atoms with Crippen LogP contribution in [0.15, 0.2) is 182 Å². The van der Waals surface area contributed by atoms with Gasteiger partial charge in [-0.3, -0.25) is 0 Å². The fourth-order valence-corrected chi connectivity index (χ4v) is 9.75. The minimum absolute atomic E-state index is 0.147. The fourth-order valence-electron chi connectivity index (χ4n) is 8.51. The van der Waals surface area contributed by atoms with E-state index in [2.05, 4.69) is 30.3 Å². The van der Waals surface area contributed by atoms with Crippen LogP contribution >= 0.6 is 11.3 Å². The second-order valence-electron chi connectivity index (χ2n) is 15.4. The van der Waals surface area contributed by atoms with E-state index >= 15 is 0 Å². The molecule has 11 aromatic rings. The summed E-state index contributed by atoms with van der Waals surface area (Å²) in [5.41, 5.74) is 3.22. The third-order valence-electron chi connectivity index (χ3n) is 11.5. The van der Waals surface area contributed by atoms with E-state index in [4.69, 9.17) is 15.0 Å². The van der Waals surface area contributed by atoms with Gasteiger partial charge in [0.15, 0.2) is 17.5 Å². The Labute approximate surface area is 365 Å². The van der Waals surface area contributed by atoms with Gasteiger partial charge in [-0.25, -0.2) is 15.0 Å². The van der Waals surface area contributed by atoms with E-state index in [1.165, 1.54) is 0 Å². The molecule has 0 N–H and O–H groups in total. The number of hydrogen-bond donors (Lipinski definition) is 0. The topological polar surface area (TPSA) is 43.6 Å². The van der Waals surface area contributed by atoms with E-state index in [1.807, 2.05) is 120 Å². The van der Waals surface area contributed by atoms with Gasteiger partial charge in [0.25, 0.3) is 0 Å². The second-order valence-corrected chi connectivity index (χ2v) is 16.5. The predicted octanol–water partition coefficient (Wildman–Crippen LogP) is 15.7. The first-order chi connectivity index (χ1) is 31.0. The van der Waals surface area contributed by atoms with Gasteiger partial charge in [0.05, 0.1) is 27.8 Å². The van der Waals surface area contributed by atoms with Gasteiger partial charge in [-0.15, -0.1) is 11.3 Å². The molecular formula is C53H30F6N4S. The van der Waals surface area contributed by atoms with Crippen LogP contribution in [0, 0.1) is 0 Å². The van der Waals surface area contributed by atoms with E-state index in [1.54, 1.807) is 29.5 Å². The lowest BCUT2D eigenvalue weighted by atomic mass is 9.98. The monoisotopic (exact) mass is 868 g/mol. The minimum atomic E-state index is -5.01. The highest BCUT2D eigenvalue weighted by Gasteiger charge is 2.37. The summed E-state index contributed by atoms with van der Waals surface area (Å²) in [6.45, 7) is 0. The number of rotatable bonds is 6. The molecule has 0 amide bonds. The van der Waals surface area contributed by atoms with Crippen molar-refractivity contribution in [2.75, 3.05) is 0 Å². The molecule has 0 fully saturated rings. The molecule has 0 aliphatic carbocycles. The normalized spacial score (nSPS) is 12.2. The molecular weight excluding hydrogens is 839 g/mol. The van der Waals surface area contributed by atoms with Gasteiger partial charge in [0.2, 0.25) is 0 Å². The van der Waals surface area contributed by atoms with Crippen molar-refractivity contribution < 1.29 is 26.3 Å². The van der Waals surface area contributed by atoms with Crippen LogP contribution in [0.4, 0.5) is 26.3 Å². The highest BCUT2D eigenvalue weighted by molar-refractivity contribution is 7.26. The SMILES string of the molecule is FC(F)(F)c1cc(-c2ccc3c4ccccc4n(-c4ccc(-c5cccc6c5sc5ccccc56)cc4-c4nc(-c5ccccc5)nc(-c5ccccc5)n4)c3c2)cc(C(F)(F)F)c1. The summed E-state index contributed by atoms with van der Waals surface area (Å²) in [6.07, 6.45) is -10.0. The summed E-state index contributed by atoms with van der Waals surface area (Å²) in [7, 11) is 0. The Bertz CT molecular complexity index is 3500. The summed E-state index contributed by atoms with van der Waals surface area (Å²) in [5.74, 6) is 1.26. The molecule has 0 radical (unpaired) electrons. The molecule has 0 bridgehead atoms. The molecule has 0 unspecified atom stereocenters. The van der Waals surface area contributed by atoms with E-state index in [9.17, 15) is 26.3 Å². The van der Waals surface area contributed by atoms with Gasteiger partial charge in [0, 0.05) is 47.6 Å². The molecule has 0 spiro atoms. The first kappa shape index (κ1) is 39.2. The summed E-state index contributed by atoms with van der Waals surface area (Å²) in [4.78, 5) is 15.2. The first-order valence-corrected chi connectivity index (χ1v) is 21.0. The van der Waals surface area contributed by atoms with Crippen molar-refractivity contribution in [3.63, 3.8) is 0 Å². The zero-order chi connectivity index (χ0) is 43.7. The number of alkyl halides is 6. The average Bonchev–Trinajstić information content (AvgIpc) is 3.87. The third-order valence-corrected chi connectivity index (χ3v) is 12.7. The Morgan fingerprint density at radius 3 is 1.61 bits per heavy atom. The maximum atomic E-state index is 14.1. The smallest absolute Gasteiger partial charge is 0.308 e. The average molecular weight is 869 g/mol. The number of aromatic nitrogens is 4. The largest absolute Gasteiger partial charge is 0.416 e. The van der Waals surface area contributed by atoms with E-state index in [0.717, 1.165) is 70.8 Å². The Hall–Kier alpha value is -7.63. The quantitative estimate of drug-likeness (QED) is 0.156. The Morgan fingerprint density at radius 2 is 0.938 bits per heavy atom. The zero-order valence-corrected chi connectivity index (χ0v) is 34.1. The van der Waals surface area contributed by atoms with Crippen LogP contribution < -0.4 is 0 Å². The van der Waals surface area contributed by atoms with Crippen LogP contribution in [0.5, 0.6) is 0 Å². The van der Waals surface area contributed by atoms with Crippen molar-refractivity contribution in [2.45, 2.75) is 12.4 Å². The third kappa shape index (κ3) is 6.85. The standard InChI is InChI=1S/C53H30F6N4S/c54-52(55,56)36-26-35(27-37(30-36)53(57,58)59)33-22-24-40-39-16-7-9-20-44(39)63(46(40)29-33)45-25-23-34(38-18-11-19-42-41-17-8-10-21-47(41)64-48(38)42)28-43(45)51-61-49(31-12-3-1-4-13-31)60-50(62-51)32-14-5-2-6-15-32/h1-30H. The van der Waals surface area contributed by atoms with Crippen molar-refractivity contribution in [2.24, 2.45) is 0 Å². The van der Waals surface area contributed by atoms with Gasteiger partial charge in [-0.05, 0) is 70.8 Å². The van der Waals surface area contributed by atoms with E-state index < -0.39 is 23.5 Å². The number of para-hydroxylation sites is 1. The maximum absolute atomic E-state index is 14.1. The predicted molar refractivity (Wildman–Crippen MR) is 244 cm³/mol. The molecule has 64 heavy (non-hydrogen) atoms. The zero-order valence-electron chi connectivity index (χ0n) is 33.3. The lowest BCUT2D eigenvalue weighted by Crippen LogP contribution is -2.11. The fraction of sp³-hybridized carbons (Fsp3) is 0.0377. The van der Waals surface area contributed by atoms with E-state index in [-0.39, 0.29) is 17.2 Å². The minimum Gasteiger partial charge on any atom is -0.308 e. The van der Waals surface area contributed by atoms with Crippen molar-refractivity contribution in [3.8, 4) is 62.1 Å². The molecule has 0 saturated heterocycles. The number of fused-ring (bicyclic) bond motifs is 6. The van der Waals surface area contributed by atoms with Crippen molar-refractivity contribution in [3.05, 3.63) is 193 Å². The van der Waals surface area contributed by atoms with Crippen LogP contribution in [0.25, 0.3) is 104 Å². The molecule has 3 aromatic heterocycles. The van der Waals surface area contributed by atoms with Gasteiger partial charge < -0.3 is 4.57 Å². The van der Waals surface area contributed by atoms with Gasteiger partial charge in [-0.2, -0.15) is 26.3 Å². The van der Waals surface area contributed by atoms with Crippen LogP contribution in [0.1, 0.15) is 11.1 Å².